The first-order chi connectivity index (χ1) is 9.61. The number of nitrogens with zero attached hydrogens (tertiary/aromatic N) is 4. The van der Waals surface area contributed by atoms with Gasteiger partial charge in [-0.05, 0) is 13.0 Å². The fraction of sp³-hybridized carbons (Fsp3) is 0.182. The highest BCUT2D eigenvalue weighted by atomic mass is 16.6. The van der Waals surface area contributed by atoms with Gasteiger partial charge in [0.25, 0.3) is 11.6 Å². The molecule has 20 heavy (non-hydrogen) atoms. The molecule has 0 unspecified atom stereocenters. The minimum atomic E-state index is -0.538. The maximum atomic E-state index is 11.6. The highest BCUT2D eigenvalue weighted by Gasteiger charge is 2.13. The third kappa shape index (κ3) is 2.95. The van der Waals surface area contributed by atoms with Crippen molar-refractivity contribution in [3.05, 3.63) is 46.3 Å². The average molecular weight is 277 g/mol. The molecule has 2 aromatic rings. The largest absolute Gasteiger partial charge is 0.297 e. The van der Waals surface area contributed by atoms with Crippen LogP contribution in [0.1, 0.15) is 17.4 Å². The normalized spacial score (nSPS) is 10.2. The van der Waals surface area contributed by atoms with E-state index in [1.807, 2.05) is 0 Å². The lowest BCUT2D eigenvalue weighted by Crippen LogP contribution is -2.23. The molecular weight excluding hydrogens is 266 g/mol. The number of nitro groups is 1. The molecule has 9 heteroatoms. The number of nitrogens with one attached hydrogen (secondary N) is 1. The van der Waals surface area contributed by atoms with E-state index in [4.69, 9.17) is 4.84 Å². The summed E-state index contributed by atoms with van der Waals surface area (Å²) in [6.45, 7) is 2.05. The maximum Gasteiger partial charge on any atom is 0.297 e. The number of hydrogen-bond acceptors (Lipinski definition) is 6. The van der Waals surface area contributed by atoms with Crippen LogP contribution in [0.2, 0.25) is 0 Å². The lowest BCUT2D eigenvalue weighted by atomic mass is 10.3. The first-order valence-electron chi connectivity index (χ1n) is 5.71. The zero-order valence-corrected chi connectivity index (χ0v) is 10.5. The molecule has 1 aromatic carbocycles. The summed E-state index contributed by atoms with van der Waals surface area (Å²) >= 11 is 0. The van der Waals surface area contributed by atoms with Crippen molar-refractivity contribution >= 4 is 11.6 Å². The Morgan fingerprint density at radius 2 is 2.35 bits per heavy atom. The van der Waals surface area contributed by atoms with Crippen molar-refractivity contribution in [2.75, 3.05) is 6.61 Å². The van der Waals surface area contributed by atoms with Crippen molar-refractivity contribution in [1.82, 2.24) is 20.5 Å². The molecule has 0 saturated heterocycles. The van der Waals surface area contributed by atoms with Crippen LogP contribution in [0.15, 0.2) is 30.5 Å². The molecule has 0 radical (unpaired) electrons. The summed E-state index contributed by atoms with van der Waals surface area (Å²) in [6, 6.07) is 5.84. The molecule has 0 aliphatic carbocycles. The summed E-state index contributed by atoms with van der Waals surface area (Å²) in [7, 11) is 0. The van der Waals surface area contributed by atoms with E-state index in [0.29, 0.717) is 12.3 Å². The Labute approximate surface area is 113 Å². The van der Waals surface area contributed by atoms with Crippen molar-refractivity contribution in [3.8, 4) is 5.69 Å². The maximum absolute atomic E-state index is 11.6. The van der Waals surface area contributed by atoms with Crippen LogP contribution in [0.4, 0.5) is 5.69 Å². The van der Waals surface area contributed by atoms with Crippen LogP contribution in [0.25, 0.3) is 5.69 Å². The molecule has 0 aliphatic rings. The van der Waals surface area contributed by atoms with Crippen molar-refractivity contribution < 1.29 is 14.6 Å². The van der Waals surface area contributed by atoms with Gasteiger partial charge < -0.3 is 0 Å². The Hall–Kier alpha value is -2.81. The fourth-order valence-electron chi connectivity index (χ4n) is 1.43. The van der Waals surface area contributed by atoms with E-state index in [-0.39, 0.29) is 11.4 Å². The highest BCUT2D eigenvalue weighted by Crippen LogP contribution is 2.15. The molecule has 2 rings (SSSR count). The van der Waals surface area contributed by atoms with Gasteiger partial charge in [0.1, 0.15) is 0 Å². The summed E-state index contributed by atoms with van der Waals surface area (Å²) in [6.07, 6.45) is 1.35. The van der Waals surface area contributed by atoms with Crippen molar-refractivity contribution in [2.45, 2.75) is 6.92 Å². The van der Waals surface area contributed by atoms with Gasteiger partial charge in [0.15, 0.2) is 5.69 Å². The van der Waals surface area contributed by atoms with E-state index in [0.717, 1.165) is 0 Å². The molecule has 1 amide bonds. The van der Waals surface area contributed by atoms with Crippen LogP contribution >= 0.6 is 0 Å². The summed E-state index contributed by atoms with van der Waals surface area (Å²) in [5.41, 5.74) is 2.59. The predicted molar refractivity (Wildman–Crippen MR) is 67.1 cm³/mol. The van der Waals surface area contributed by atoms with Gasteiger partial charge in [0.2, 0.25) is 0 Å². The number of carbonyl (C=O) groups is 1. The number of nitro benzene ring substituents is 1. The minimum absolute atomic E-state index is 0.0463. The number of aromatic nitrogens is 3. The number of rotatable bonds is 5. The Morgan fingerprint density at radius 1 is 1.55 bits per heavy atom. The van der Waals surface area contributed by atoms with Crippen molar-refractivity contribution in [2.24, 2.45) is 0 Å². The highest BCUT2D eigenvalue weighted by molar-refractivity contribution is 5.91. The molecule has 1 heterocycles. The van der Waals surface area contributed by atoms with Crippen LogP contribution in [0.5, 0.6) is 0 Å². The Balaban J connectivity index is 2.22. The van der Waals surface area contributed by atoms with E-state index in [1.54, 1.807) is 13.0 Å². The Morgan fingerprint density at radius 3 is 3.05 bits per heavy atom. The second-order valence-corrected chi connectivity index (χ2v) is 3.69. The van der Waals surface area contributed by atoms with Crippen molar-refractivity contribution in [3.63, 3.8) is 0 Å². The predicted octanol–water partition coefficient (Wildman–Crippen LogP) is 0.857. The second-order valence-electron chi connectivity index (χ2n) is 3.69. The van der Waals surface area contributed by atoms with Crippen LogP contribution < -0.4 is 5.48 Å². The third-order valence-electron chi connectivity index (χ3n) is 2.34. The lowest BCUT2D eigenvalue weighted by Gasteiger charge is -2.00. The molecule has 0 aliphatic heterocycles. The van der Waals surface area contributed by atoms with Gasteiger partial charge in [-0.1, -0.05) is 11.3 Å². The summed E-state index contributed by atoms with van der Waals surface area (Å²) in [5, 5.41) is 18.1. The number of carbonyl (C=O) groups excluding carboxylic acids is 1. The summed E-state index contributed by atoms with van der Waals surface area (Å²) < 4.78 is 1.27. The van der Waals surface area contributed by atoms with Gasteiger partial charge in [-0.2, -0.15) is 0 Å². The van der Waals surface area contributed by atoms with Crippen LogP contribution in [0, 0.1) is 10.1 Å². The van der Waals surface area contributed by atoms with Gasteiger partial charge in [0, 0.05) is 12.1 Å². The molecule has 0 saturated carbocycles. The molecule has 0 atom stereocenters. The lowest BCUT2D eigenvalue weighted by molar-refractivity contribution is -0.384. The first-order valence-corrected chi connectivity index (χ1v) is 5.71. The molecule has 1 N–H and O–H groups in total. The van der Waals surface area contributed by atoms with Gasteiger partial charge in [0.05, 0.1) is 23.4 Å². The number of non-ortho nitro benzene ring substituents is 1. The standard InChI is InChI=1S/C11H11N5O4/c1-2-20-13-11(17)10-7-15(14-12-10)8-4-3-5-9(6-8)16(18)19/h3-7H,2H2,1H3,(H,13,17). The molecule has 0 bridgehead atoms. The summed E-state index contributed by atoms with van der Waals surface area (Å²) in [4.78, 5) is 26.5. The Kier molecular flexibility index (Phi) is 4.01. The molecular formula is C11H11N5O4. The zero-order chi connectivity index (χ0) is 14.5. The number of amides is 1. The SMILES string of the molecule is CCONC(=O)c1cn(-c2cccc([N+](=O)[O-])c2)nn1. The number of benzene rings is 1. The molecule has 9 nitrogen and oxygen atoms in total. The van der Waals surface area contributed by atoms with Crippen LogP contribution in [0.3, 0.4) is 0 Å². The molecule has 0 spiro atoms. The third-order valence-corrected chi connectivity index (χ3v) is 2.34. The van der Waals surface area contributed by atoms with Crippen molar-refractivity contribution in [1.29, 1.82) is 0 Å². The van der Waals surface area contributed by atoms with E-state index < -0.39 is 10.8 Å². The molecule has 104 valence electrons. The number of hydroxylamine groups is 1. The minimum Gasteiger partial charge on any atom is -0.274 e. The van der Waals surface area contributed by atoms with Gasteiger partial charge in [-0.25, -0.2) is 10.2 Å². The van der Waals surface area contributed by atoms with E-state index in [9.17, 15) is 14.9 Å². The molecule has 0 fully saturated rings. The van der Waals surface area contributed by atoms with E-state index >= 15 is 0 Å². The Bertz CT molecular complexity index is 639. The quantitative estimate of drug-likeness (QED) is 0.640. The fourth-order valence-corrected chi connectivity index (χ4v) is 1.43. The average Bonchev–Trinajstić information content (AvgIpc) is 2.94. The van der Waals surface area contributed by atoms with Crippen LogP contribution in [-0.4, -0.2) is 32.4 Å². The number of hydrogen-bond donors (Lipinski definition) is 1. The topological polar surface area (TPSA) is 112 Å². The van der Waals surface area contributed by atoms with Crippen LogP contribution in [-0.2, 0) is 4.84 Å². The van der Waals surface area contributed by atoms with Gasteiger partial charge in [-0.15, -0.1) is 5.10 Å². The summed E-state index contributed by atoms with van der Waals surface area (Å²) in [5.74, 6) is -0.538. The van der Waals surface area contributed by atoms with Gasteiger partial charge >= 0.3 is 0 Å². The first kappa shape index (κ1) is 13.6. The smallest absolute Gasteiger partial charge is 0.274 e. The zero-order valence-electron chi connectivity index (χ0n) is 10.5. The second kappa shape index (κ2) is 5.89. The van der Waals surface area contributed by atoms with E-state index in [1.165, 1.54) is 29.1 Å². The van der Waals surface area contributed by atoms with E-state index in [2.05, 4.69) is 15.8 Å². The molecule has 1 aromatic heterocycles. The van der Waals surface area contributed by atoms with Gasteiger partial charge in [-0.3, -0.25) is 19.7 Å². The monoisotopic (exact) mass is 277 g/mol.